The molecule has 0 aliphatic carbocycles. The third-order valence-electron chi connectivity index (χ3n) is 2.88. The summed E-state index contributed by atoms with van der Waals surface area (Å²) in [6.07, 6.45) is 2.00. The molecule has 2 N–H and O–H groups in total. The summed E-state index contributed by atoms with van der Waals surface area (Å²) in [5.74, 6) is 0.458. The number of rotatable bonds is 3. The second-order valence-electron chi connectivity index (χ2n) is 4.72. The highest BCUT2D eigenvalue weighted by Gasteiger charge is 2.05. The van der Waals surface area contributed by atoms with Crippen LogP contribution in [-0.4, -0.2) is 9.78 Å². The number of nitrogens with two attached hydrogens (primary N) is 1. The normalized spacial score (nSPS) is 13.0. The van der Waals surface area contributed by atoms with Crippen LogP contribution in [0.15, 0.2) is 36.5 Å². The van der Waals surface area contributed by atoms with Gasteiger partial charge in [-0.1, -0.05) is 26.0 Å². The maximum atomic E-state index is 5.82. The Balaban J connectivity index is 2.27. The van der Waals surface area contributed by atoms with E-state index in [9.17, 15) is 0 Å². The van der Waals surface area contributed by atoms with Gasteiger partial charge in [-0.25, -0.2) is 4.68 Å². The van der Waals surface area contributed by atoms with E-state index in [2.05, 4.69) is 49.3 Å². The van der Waals surface area contributed by atoms with E-state index in [1.54, 1.807) is 0 Å². The minimum Gasteiger partial charge on any atom is -0.324 e. The van der Waals surface area contributed by atoms with E-state index in [0.717, 1.165) is 16.9 Å². The van der Waals surface area contributed by atoms with Crippen LogP contribution in [0, 0.1) is 0 Å². The SMILES string of the molecule is CC(C)c1ccn(-c2ccc([C@@H](C)N)cc2)n1. The van der Waals surface area contributed by atoms with E-state index in [4.69, 9.17) is 5.73 Å². The molecule has 90 valence electrons. The largest absolute Gasteiger partial charge is 0.324 e. The molecule has 0 spiro atoms. The molecule has 0 bridgehead atoms. The Bertz CT molecular complexity index is 480. The van der Waals surface area contributed by atoms with E-state index < -0.39 is 0 Å². The molecule has 3 heteroatoms. The van der Waals surface area contributed by atoms with Gasteiger partial charge in [-0.3, -0.25) is 0 Å². The van der Waals surface area contributed by atoms with E-state index in [-0.39, 0.29) is 6.04 Å². The first kappa shape index (κ1) is 11.9. The molecule has 0 saturated heterocycles. The van der Waals surface area contributed by atoms with Crippen LogP contribution in [0.1, 0.15) is 44.0 Å². The number of nitrogens with zero attached hydrogens (tertiary/aromatic N) is 2. The summed E-state index contributed by atoms with van der Waals surface area (Å²) in [4.78, 5) is 0. The van der Waals surface area contributed by atoms with Gasteiger partial charge in [0.15, 0.2) is 0 Å². The maximum absolute atomic E-state index is 5.82. The first-order valence-electron chi connectivity index (χ1n) is 5.99. The van der Waals surface area contributed by atoms with Crippen molar-refractivity contribution >= 4 is 0 Å². The van der Waals surface area contributed by atoms with Crippen molar-refractivity contribution < 1.29 is 0 Å². The van der Waals surface area contributed by atoms with Gasteiger partial charge in [-0.15, -0.1) is 0 Å². The molecule has 0 unspecified atom stereocenters. The molecular formula is C14H19N3. The average molecular weight is 229 g/mol. The van der Waals surface area contributed by atoms with Crippen LogP contribution in [0.25, 0.3) is 5.69 Å². The summed E-state index contributed by atoms with van der Waals surface area (Å²) in [6, 6.07) is 10.3. The highest BCUT2D eigenvalue weighted by atomic mass is 15.3. The van der Waals surface area contributed by atoms with Crippen molar-refractivity contribution in [1.82, 2.24) is 9.78 Å². The Kier molecular flexibility index (Phi) is 3.29. The fourth-order valence-electron chi connectivity index (χ4n) is 1.72. The van der Waals surface area contributed by atoms with Gasteiger partial charge in [0.1, 0.15) is 0 Å². The Morgan fingerprint density at radius 1 is 1.06 bits per heavy atom. The molecular weight excluding hydrogens is 210 g/mol. The van der Waals surface area contributed by atoms with Gasteiger partial charge in [0.05, 0.1) is 11.4 Å². The smallest absolute Gasteiger partial charge is 0.0654 e. The number of hydrogen-bond donors (Lipinski definition) is 1. The first-order chi connectivity index (χ1) is 8.08. The lowest BCUT2D eigenvalue weighted by atomic mass is 10.1. The Morgan fingerprint density at radius 2 is 1.71 bits per heavy atom. The lowest BCUT2D eigenvalue weighted by Crippen LogP contribution is -2.05. The molecule has 1 atom stereocenters. The van der Waals surface area contributed by atoms with Gasteiger partial charge in [-0.2, -0.15) is 5.10 Å². The molecule has 0 aliphatic rings. The van der Waals surface area contributed by atoms with Gasteiger partial charge >= 0.3 is 0 Å². The average Bonchev–Trinajstić information content (AvgIpc) is 2.78. The third kappa shape index (κ3) is 2.56. The quantitative estimate of drug-likeness (QED) is 0.879. The third-order valence-corrected chi connectivity index (χ3v) is 2.88. The standard InChI is InChI=1S/C14H19N3/c1-10(2)14-8-9-17(16-14)13-6-4-12(5-7-13)11(3)15/h4-11H,15H2,1-3H3/t11-/m1/s1. The zero-order valence-corrected chi connectivity index (χ0v) is 10.6. The van der Waals surface area contributed by atoms with E-state index in [0.29, 0.717) is 5.92 Å². The molecule has 0 amide bonds. The van der Waals surface area contributed by atoms with Crippen LogP contribution in [0.4, 0.5) is 0 Å². The van der Waals surface area contributed by atoms with Crippen LogP contribution >= 0.6 is 0 Å². The minimum atomic E-state index is 0.0768. The number of aromatic nitrogens is 2. The Hall–Kier alpha value is -1.61. The van der Waals surface area contributed by atoms with Crippen molar-refractivity contribution in [3.8, 4) is 5.69 Å². The molecule has 0 fully saturated rings. The fraction of sp³-hybridized carbons (Fsp3) is 0.357. The molecule has 1 aromatic carbocycles. The van der Waals surface area contributed by atoms with Crippen molar-refractivity contribution in [2.75, 3.05) is 0 Å². The minimum absolute atomic E-state index is 0.0768. The summed E-state index contributed by atoms with van der Waals surface area (Å²) < 4.78 is 1.90. The van der Waals surface area contributed by atoms with E-state index in [1.165, 1.54) is 0 Å². The molecule has 0 aliphatic heterocycles. The van der Waals surface area contributed by atoms with Crippen molar-refractivity contribution in [2.45, 2.75) is 32.7 Å². The molecule has 0 saturated carbocycles. The van der Waals surface area contributed by atoms with Gasteiger partial charge in [0.25, 0.3) is 0 Å². The molecule has 2 rings (SSSR count). The van der Waals surface area contributed by atoms with Crippen LogP contribution in [0.5, 0.6) is 0 Å². The molecule has 2 aromatic rings. The highest BCUT2D eigenvalue weighted by Crippen LogP contribution is 2.16. The molecule has 3 nitrogen and oxygen atoms in total. The second kappa shape index (κ2) is 4.72. The summed E-state index contributed by atoms with van der Waals surface area (Å²) in [5.41, 5.74) is 9.15. The zero-order valence-electron chi connectivity index (χ0n) is 10.6. The lowest BCUT2D eigenvalue weighted by molar-refractivity contribution is 0.766. The van der Waals surface area contributed by atoms with Gasteiger partial charge in [0, 0.05) is 12.2 Å². The predicted molar refractivity (Wildman–Crippen MR) is 70.3 cm³/mol. The van der Waals surface area contributed by atoms with Crippen molar-refractivity contribution in [1.29, 1.82) is 0 Å². The van der Waals surface area contributed by atoms with Crippen molar-refractivity contribution in [3.63, 3.8) is 0 Å². The van der Waals surface area contributed by atoms with Crippen molar-refractivity contribution in [3.05, 3.63) is 47.8 Å². The van der Waals surface area contributed by atoms with Crippen LogP contribution < -0.4 is 5.73 Å². The summed E-state index contributed by atoms with van der Waals surface area (Å²) in [6.45, 7) is 6.28. The van der Waals surface area contributed by atoms with Crippen LogP contribution in [0.3, 0.4) is 0 Å². The highest BCUT2D eigenvalue weighted by molar-refractivity contribution is 5.35. The van der Waals surface area contributed by atoms with Crippen LogP contribution in [-0.2, 0) is 0 Å². The van der Waals surface area contributed by atoms with Crippen LogP contribution in [0.2, 0.25) is 0 Å². The fourth-order valence-corrected chi connectivity index (χ4v) is 1.72. The Morgan fingerprint density at radius 3 is 2.18 bits per heavy atom. The molecule has 17 heavy (non-hydrogen) atoms. The first-order valence-corrected chi connectivity index (χ1v) is 5.99. The predicted octanol–water partition coefficient (Wildman–Crippen LogP) is 3.02. The van der Waals surface area contributed by atoms with E-state index in [1.807, 2.05) is 17.8 Å². The van der Waals surface area contributed by atoms with Gasteiger partial charge in [0.2, 0.25) is 0 Å². The second-order valence-corrected chi connectivity index (χ2v) is 4.72. The monoisotopic (exact) mass is 229 g/mol. The summed E-state index contributed by atoms with van der Waals surface area (Å²) in [5, 5.41) is 4.54. The van der Waals surface area contributed by atoms with Gasteiger partial charge in [-0.05, 0) is 36.6 Å². The zero-order chi connectivity index (χ0) is 12.4. The van der Waals surface area contributed by atoms with Gasteiger partial charge < -0.3 is 5.73 Å². The van der Waals surface area contributed by atoms with Crippen molar-refractivity contribution in [2.24, 2.45) is 5.73 Å². The topological polar surface area (TPSA) is 43.8 Å². The number of hydrogen-bond acceptors (Lipinski definition) is 2. The summed E-state index contributed by atoms with van der Waals surface area (Å²) >= 11 is 0. The molecule has 1 heterocycles. The maximum Gasteiger partial charge on any atom is 0.0654 e. The Labute approximate surface area is 102 Å². The molecule has 1 aromatic heterocycles. The lowest BCUT2D eigenvalue weighted by Gasteiger charge is -2.07. The molecule has 0 radical (unpaired) electrons. The number of benzene rings is 1. The summed E-state index contributed by atoms with van der Waals surface area (Å²) in [7, 11) is 0. The van der Waals surface area contributed by atoms with E-state index >= 15 is 0 Å².